The number of aliphatic imine (C=N–C) groups is 1. The number of aromatic nitrogens is 1. The Morgan fingerprint density at radius 3 is 2.67 bits per heavy atom. The van der Waals surface area contributed by atoms with Crippen LogP contribution in [-0.4, -0.2) is 34.1 Å². The topological polar surface area (TPSA) is 92.8 Å². The Balaban J connectivity index is 1.80. The number of nitrogens with zero attached hydrogens (tertiary/aromatic N) is 2. The molecule has 30 heavy (non-hydrogen) atoms. The van der Waals surface area contributed by atoms with Crippen LogP contribution in [0.1, 0.15) is 100 Å². The van der Waals surface area contributed by atoms with E-state index in [0.29, 0.717) is 67.0 Å². The first-order chi connectivity index (χ1) is 14.3. The number of hydrogen-bond donors (Lipinski definition) is 1. The molecular weight excluding hydrogens is 380 g/mol. The fourth-order valence-corrected chi connectivity index (χ4v) is 4.44. The molecule has 2 aliphatic rings. The van der Waals surface area contributed by atoms with Gasteiger partial charge in [-0.3, -0.25) is 14.6 Å². The maximum Gasteiger partial charge on any atom is 0.168 e. The van der Waals surface area contributed by atoms with Gasteiger partial charge in [0.1, 0.15) is 11.5 Å². The van der Waals surface area contributed by atoms with Gasteiger partial charge >= 0.3 is 0 Å². The van der Waals surface area contributed by atoms with E-state index in [9.17, 15) is 14.7 Å². The fraction of sp³-hybridized carbons (Fsp3) is 0.667. The maximum absolute atomic E-state index is 12.9. The SMILES string of the molecule is CCCCCCN=C(CCc1noc2c1C(=O)CCC2)C1=C(O)CC(C)(C)CC1=O. The van der Waals surface area contributed by atoms with E-state index in [4.69, 9.17) is 9.52 Å². The molecule has 0 amide bonds. The lowest BCUT2D eigenvalue weighted by Gasteiger charge is -2.30. The van der Waals surface area contributed by atoms with Crippen LogP contribution < -0.4 is 0 Å². The van der Waals surface area contributed by atoms with Crippen LogP contribution in [-0.2, 0) is 17.6 Å². The highest BCUT2D eigenvalue weighted by Crippen LogP contribution is 2.37. The molecule has 2 aliphatic carbocycles. The summed E-state index contributed by atoms with van der Waals surface area (Å²) in [4.78, 5) is 29.9. The predicted molar refractivity (Wildman–Crippen MR) is 116 cm³/mol. The third-order valence-corrected chi connectivity index (χ3v) is 5.97. The number of aliphatic hydroxyl groups is 1. The second-order valence-electron chi connectivity index (χ2n) is 9.36. The zero-order valence-electron chi connectivity index (χ0n) is 18.6. The smallest absolute Gasteiger partial charge is 0.168 e. The fourth-order valence-electron chi connectivity index (χ4n) is 4.44. The zero-order valence-corrected chi connectivity index (χ0v) is 18.6. The number of hydrogen-bond acceptors (Lipinski definition) is 6. The number of unbranched alkanes of at least 4 members (excludes halogenated alkanes) is 3. The lowest BCUT2D eigenvalue weighted by molar-refractivity contribution is -0.118. The maximum atomic E-state index is 12.9. The Hall–Kier alpha value is -2.24. The summed E-state index contributed by atoms with van der Waals surface area (Å²) in [7, 11) is 0. The Bertz CT molecular complexity index is 861. The minimum absolute atomic E-state index is 0.0469. The van der Waals surface area contributed by atoms with Crippen LogP contribution in [0.25, 0.3) is 0 Å². The third kappa shape index (κ3) is 5.27. The van der Waals surface area contributed by atoms with Crippen molar-refractivity contribution in [3.63, 3.8) is 0 Å². The number of aryl methyl sites for hydroxylation is 2. The van der Waals surface area contributed by atoms with Crippen molar-refractivity contribution in [2.45, 2.75) is 91.4 Å². The molecule has 164 valence electrons. The van der Waals surface area contributed by atoms with Crippen molar-refractivity contribution < 1.29 is 19.2 Å². The number of rotatable bonds is 9. The van der Waals surface area contributed by atoms with Gasteiger partial charge in [-0.1, -0.05) is 45.2 Å². The van der Waals surface area contributed by atoms with E-state index < -0.39 is 0 Å². The molecule has 0 saturated heterocycles. The van der Waals surface area contributed by atoms with Gasteiger partial charge in [0.2, 0.25) is 0 Å². The second-order valence-corrected chi connectivity index (χ2v) is 9.36. The predicted octanol–water partition coefficient (Wildman–Crippen LogP) is 5.35. The second kappa shape index (κ2) is 9.71. The van der Waals surface area contributed by atoms with Crippen LogP contribution in [0.3, 0.4) is 0 Å². The number of ketones is 2. The summed E-state index contributed by atoms with van der Waals surface area (Å²) in [6.45, 7) is 6.79. The van der Waals surface area contributed by atoms with Crippen LogP contribution in [0.2, 0.25) is 0 Å². The summed E-state index contributed by atoms with van der Waals surface area (Å²) in [6.07, 6.45) is 8.27. The molecule has 0 atom stereocenters. The molecule has 0 bridgehead atoms. The average molecular weight is 415 g/mol. The average Bonchev–Trinajstić information content (AvgIpc) is 3.08. The van der Waals surface area contributed by atoms with Crippen LogP contribution in [0.5, 0.6) is 0 Å². The Kier molecular flexibility index (Phi) is 7.27. The Morgan fingerprint density at radius 2 is 1.93 bits per heavy atom. The van der Waals surface area contributed by atoms with E-state index >= 15 is 0 Å². The van der Waals surface area contributed by atoms with E-state index in [2.05, 4.69) is 12.1 Å². The molecule has 1 heterocycles. The highest BCUT2D eigenvalue weighted by atomic mass is 16.5. The van der Waals surface area contributed by atoms with E-state index in [-0.39, 0.29) is 22.7 Å². The van der Waals surface area contributed by atoms with Gasteiger partial charge in [-0.05, 0) is 31.1 Å². The van der Waals surface area contributed by atoms with Crippen molar-refractivity contribution in [1.82, 2.24) is 5.16 Å². The molecule has 0 unspecified atom stereocenters. The van der Waals surface area contributed by atoms with Gasteiger partial charge in [0.25, 0.3) is 0 Å². The Labute approximate surface area is 178 Å². The molecule has 1 aromatic heterocycles. The summed E-state index contributed by atoms with van der Waals surface area (Å²) in [5.74, 6) is 0.858. The first kappa shape index (κ1) is 22.4. The lowest BCUT2D eigenvalue weighted by atomic mass is 9.75. The quantitative estimate of drug-likeness (QED) is 0.434. The van der Waals surface area contributed by atoms with E-state index in [1.54, 1.807) is 0 Å². The molecule has 0 aromatic carbocycles. The van der Waals surface area contributed by atoms with Gasteiger partial charge in [-0.2, -0.15) is 0 Å². The molecule has 0 aliphatic heterocycles. The number of Topliss-reactive ketones (excluding diaryl/α,β-unsaturated/α-hetero) is 2. The van der Waals surface area contributed by atoms with Gasteiger partial charge in [-0.25, -0.2) is 0 Å². The minimum atomic E-state index is -0.242. The first-order valence-corrected chi connectivity index (χ1v) is 11.3. The minimum Gasteiger partial charge on any atom is -0.511 e. The van der Waals surface area contributed by atoms with Crippen molar-refractivity contribution in [2.24, 2.45) is 10.4 Å². The van der Waals surface area contributed by atoms with Crippen LogP contribution in [0.15, 0.2) is 20.8 Å². The molecule has 0 saturated carbocycles. The zero-order chi connectivity index (χ0) is 21.7. The van der Waals surface area contributed by atoms with Gasteiger partial charge < -0.3 is 9.63 Å². The molecule has 0 spiro atoms. The molecular formula is C24H34N2O4. The van der Waals surface area contributed by atoms with Gasteiger partial charge in [0.05, 0.1) is 16.8 Å². The van der Waals surface area contributed by atoms with E-state index in [0.717, 1.165) is 32.1 Å². The summed E-state index contributed by atoms with van der Waals surface area (Å²) < 4.78 is 5.39. The van der Waals surface area contributed by atoms with Crippen LogP contribution in [0.4, 0.5) is 0 Å². The van der Waals surface area contributed by atoms with Crippen molar-refractivity contribution in [3.8, 4) is 0 Å². The first-order valence-electron chi connectivity index (χ1n) is 11.3. The van der Waals surface area contributed by atoms with Crippen LogP contribution in [0, 0.1) is 5.41 Å². The van der Waals surface area contributed by atoms with Crippen molar-refractivity contribution in [2.75, 3.05) is 6.54 Å². The van der Waals surface area contributed by atoms with Gasteiger partial charge in [-0.15, -0.1) is 0 Å². The van der Waals surface area contributed by atoms with E-state index in [1.807, 2.05) is 13.8 Å². The molecule has 1 N–H and O–H groups in total. The van der Waals surface area contributed by atoms with Crippen molar-refractivity contribution >= 4 is 17.3 Å². The number of aliphatic hydroxyl groups excluding tert-OH is 1. The normalized spacial score (nSPS) is 19.4. The highest BCUT2D eigenvalue weighted by Gasteiger charge is 2.35. The summed E-state index contributed by atoms with van der Waals surface area (Å²) in [6, 6.07) is 0. The largest absolute Gasteiger partial charge is 0.511 e. The molecule has 6 nitrogen and oxygen atoms in total. The molecule has 1 aromatic rings. The molecule has 3 rings (SSSR count). The van der Waals surface area contributed by atoms with Crippen molar-refractivity contribution in [1.29, 1.82) is 0 Å². The number of fused-ring (bicyclic) bond motifs is 1. The number of carbonyl (C=O) groups excluding carboxylic acids is 2. The van der Waals surface area contributed by atoms with Crippen molar-refractivity contribution in [3.05, 3.63) is 28.3 Å². The summed E-state index contributed by atoms with van der Waals surface area (Å²) in [5, 5.41) is 14.8. The van der Waals surface area contributed by atoms with Gasteiger partial charge in [0.15, 0.2) is 11.6 Å². The summed E-state index contributed by atoms with van der Waals surface area (Å²) >= 11 is 0. The highest BCUT2D eigenvalue weighted by molar-refractivity contribution is 6.23. The van der Waals surface area contributed by atoms with Gasteiger partial charge in [0, 0.05) is 37.9 Å². The number of allylic oxidation sites excluding steroid dienone is 2. The number of carbonyl (C=O) groups is 2. The summed E-state index contributed by atoms with van der Waals surface area (Å²) in [5.41, 5.74) is 2.06. The lowest BCUT2D eigenvalue weighted by Crippen LogP contribution is -2.29. The van der Waals surface area contributed by atoms with E-state index in [1.165, 1.54) is 6.42 Å². The monoisotopic (exact) mass is 414 g/mol. The molecule has 6 heteroatoms. The Morgan fingerprint density at radius 1 is 1.13 bits per heavy atom. The molecule has 0 fully saturated rings. The third-order valence-electron chi connectivity index (χ3n) is 5.97. The van der Waals surface area contributed by atoms with Crippen LogP contribution >= 0.6 is 0 Å². The standard InChI is InChI=1S/C24H34N2O4/c1-4-5-6-7-13-25-16(22-19(28)14-24(2,3)15-20(22)29)11-12-17-23-18(27)9-8-10-21(23)30-26-17/h28H,4-15H2,1-3H3. The molecule has 0 radical (unpaired) electrons.